The summed E-state index contributed by atoms with van der Waals surface area (Å²) in [4.78, 5) is 59.1. The van der Waals surface area contributed by atoms with Crippen LogP contribution in [0, 0.1) is 0 Å². The van der Waals surface area contributed by atoms with Crippen LogP contribution in [0.25, 0.3) is 0 Å². The zero-order valence-corrected chi connectivity index (χ0v) is 45.0. The summed E-state index contributed by atoms with van der Waals surface area (Å²) in [7, 11) is -15.7. The van der Waals surface area contributed by atoms with E-state index < -0.39 is 49.5 Å². The van der Waals surface area contributed by atoms with Crippen molar-refractivity contribution in [3.8, 4) is 0 Å². The summed E-state index contributed by atoms with van der Waals surface area (Å²) in [6.45, 7) is 14.7. The fourth-order valence-corrected chi connectivity index (χ4v) is 5.68. The van der Waals surface area contributed by atoms with E-state index in [1.165, 1.54) is 0 Å². The topological polar surface area (TPSA) is 296 Å². The Hall–Kier alpha value is 0.808. The van der Waals surface area contributed by atoms with Crippen molar-refractivity contribution < 1.29 is 105 Å². The van der Waals surface area contributed by atoms with Gasteiger partial charge in [-0.15, -0.1) is 27.1 Å². The van der Waals surface area contributed by atoms with Crippen molar-refractivity contribution in [2.45, 2.75) is 196 Å². The summed E-state index contributed by atoms with van der Waals surface area (Å²) in [6.07, 6.45) is 25.2. The molecule has 0 radical (unpaired) electrons. The normalized spacial score (nSPS) is 11.4. The molecule has 0 aromatic rings. The van der Waals surface area contributed by atoms with Crippen molar-refractivity contribution in [2.24, 2.45) is 0 Å². The Bertz CT molecular complexity index is 763. The van der Waals surface area contributed by atoms with E-state index in [9.17, 15) is 56.8 Å². The van der Waals surface area contributed by atoms with Crippen molar-refractivity contribution in [2.75, 3.05) is 39.6 Å². The SMILES string of the molecule is CCCCCCO[P+](=O)[O-].CCCCCCO[P+](=O)[O-].CCCCCCO[P+](=O)[O-].CCCCCCO[P+](=O)[O-].CCCCCCO[P+](=O)[O-].CCCCCCO[P+](=O)[O-].[Mo]. The largest absolute Gasteiger partial charge is 0.566 e. The second-order valence-electron chi connectivity index (χ2n) is 12.7. The van der Waals surface area contributed by atoms with Crippen LogP contribution in [0.4, 0.5) is 0 Å². The fourth-order valence-electron chi connectivity index (χ4n) is 4.01. The maximum absolute atomic E-state index is 9.85. The second-order valence-corrected chi connectivity index (χ2v) is 16.9. The zero-order chi connectivity index (χ0) is 46.9. The van der Waals surface area contributed by atoms with E-state index in [4.69, 9.17) is 0 Å². The number of hydrogen-bond donors (Lipinski definition) is 0. The molecule has 6 atom stereocenters. The van der Waals surface area contributed by atoms with Crippen molar-refractivity contribution in [3.63, 3.8) is 0 Å². The molecular weight excluding hydrogens is 1000 g/mol. The standard InChI is InChI=1S/6C6H13O3P.Mo/c6*1-2-3-4-5-6-9-10(7)8;/h6*2-6H2,1H3;. The average Bonchev–Trinajstić information content (AvgIpc) is 3.18. The molecule has 0 aromatic heterocycles. The van der Waals surface area contributed by atoms with E-state index in [0.29, 0.717) is 39.6 Å². The van der Waals surface area contributed by atoms with Crippen LogP contribution in [0.15, 0.2) is 0 Å². The quantitative estimate of drug-likeness (QED) is 0.0320. The van der Waals surface area contributed by atoms with Crippen LogP contribution in [-0.4, -0.2) is 39.6 Å². The van der Waals surface area contributed by atoms with Gasteiger partial charge in [-0.3, -0.25) is 0 Å². The summed E-state index contributed by atoms with van der Waals surface area (Å²) < 4.78 is 85.1. The molecule has 0 saturated carbocycles. The van der Waals surface area contributed by atoms with E-state index in [2.05, 4.69) is 68.7 Å². The molecule has 0 spiro atoms. The molecule has 0 saturated heterocycles. The summed E-state index contributed by atoms with van der Waals surface area (Å²) >= 11 is 0. The molecule has 0 amide bonds. The minimum atomic E-state index is -2.62. The Kier molecular flexibility index (Phi) is 90.3. The third-order valence-electron chi connectivity index (χ3n) is 7.17. The summed E-state index contributed by atoms with van der Waals surface area (Å²) in [5, 5.41) is 0. The minimum Gasteiger partial charge on any atom is -0.566 e. The molecule has 25 heteroatoms. The molecule has 0 rings (SSSR count). The van der Waals surface area contributed by atoms with Crippen molar-refractivity contribution in [3.05, 3.63) is 0 Å². The maximum Gasteiger partial charge on any atom is 0.488 e. The molecule has 0 aliphatic heterocycles. The van der Waals surface area contributed by atoms with Gasteiger partial charge in [0.2, 0.25) is 0 Å². The van der Waals surface area contributed by atoms with Gasteiger partial charge in [0, 0.05) is 21.1 Å². The Morgan fingerprint density at radius 2 is 0.361 bits per heavy atom. The Balaban J connectivity index is -0.000000114. The second kappa shape index (κ2) is 72.4. The Labute approximate surface area is 388 Å². The van der Waals surface area contributed by atoms with Gasteiger partial charge in [0.1, 0.15) is 39.6 Å². The monoisotopic (exact) mass is 1080 g/mol. The van der Waals surface area contributed by atoms with E-state index in [0.717, 1.165) is 154 Å². The molecule has 366 valence electrons. The summed E-state index contributed by atoms with van der Waals surface area (Å²) in [6, 6.07) is 0. The third-order valence-corrected chi connectivity index (χ3v) is 9.53. The van der Waals surface area contributed by atoms with Gasteiger partial charge in [-0.25, -0.2) is 0 Å². The molecule has 0 bridgehead atoms. The van der Waals surface area contributed by atoms with Crippen LogP contribution in [-0.2, 0) is 75.6 Å². The molecule has 18 nitrogen and oxygen atoms in total. The van der Waals surface area contributed by atoms with Crippen molar-refractivity contribution in [1.82, 2.24) is 0 Å². The third kappa shape index (κ3) is 115. The van der Waals surface area contributed by atoms with Gasteiger partial charge in [0.25, 0.3) is 0 Å². The van der Waals surface area contributed by atoms with E-state index in [-0.39, 0.29) is 21.1 Å². The Morgan fingerprint density at radius 1 is 0.246 bits per heavy atom. The molecule has 6 unspecified atom stereocenters. The average molecular weight is 1080 g/mol. The van der Waals surface area contributed by atoms with Crippen molar-refractivity contribution in [1.29, 1.82) is 0 Å². The van der Waals surface area contributed by atoms with Crippen LogP contribution >= 0.6 is 49.5 Å². The summed E-state index contributed by atoms with van der Waals surface area (Å²) in [5.41, 5.74) is 0. The van der Waals surface area contributed by atoms with E-state index >= 15 is 0 Å². The van der Waals surface area contributed by atoms with Gasteiger partial charge < -0.3 is 29.4 Å². The van der Waals surface area contributed by atoms with E-state index in [1.807, 2.05) is 0 Å². The van der Waals surface area contributed by atoms with Gasteiger partial charge in [-0.05, 0) is 65.9 Å². The number of hydrogen-bond acceptors (Lipinski definition) is 18. The van der Waals surface area contributed by atoms with Crippen LogP contribution in [0.1, 0.15) is 196 Å². The molecule has 0 aromatic carbocycles. The Morgan fingerprint density at radius 3 is 0.443 bits per heavy atom. The maximum atomic E-state index is 9.85. The van der Waals surface area contributed by atoms with Crippen LogP contribution in [0.2, 0.25) is 0 Å². The molecular formula is C36H78MoO18P6. The molecule has 0 heterocycles. The first-order valence-electron chi connectivity index (χ1n) is 21.3. The van der Waals surface area contributed by atoms with Crippen LogP contribution in [0.5, 0.6) is 0 Å². The fraction of sp³-hybridized carbons (Fsp3) is 1.00. The van der Waals surface area contributed by atoms with Crippen molar-refractivity contribution >= 4 is 49.5 Å². The van der Waals surface area contributed by atoms with Crippen LogP contribution in [0.3, 0.4) is 0 Å². The number of unbranched alkanes of at least 4 members (excludes halogenated alkanes) is 18. The van der Waals surface area contributed by atoms with Gasteiger partial charge in [-0.2, -0.15) is 0 Å². The zero-order valence-electron chi connectivity index (χ0n) is 37.7. The molecule has 0 aliphatic rings. The molecule has 0 aliphatic carbocycles. The van der Waals surface area contributed by atoms with Gasteiger partial charge >= 0.3 is 49.5 Å². The number of rotatable bonds is 36. The van der Waals surface area contributed by atoms with Gasteiger partial charge in [-0.1, -0.05) is 157 Å². The first-order valence-corrected chi connectivity index (χ1v) is 27.8. The van der Waals surface area contributed by atoms with E-state index in [1.54, 1.807) is 0 Å². The summed E-state index contributed by atoms with van der Waals surface area (Å²) in [5.74, 6) is 0. The predicted octanol–water partition coefficient (Wildman–Crippen LogP) is 9.60. The van der Waals surface area contributed by atoms with Gasteiger partial charge in [0.15, 0.2) is 0 Å². The first kappa shape index (κ1) is 76.1. The molecule has 0 N–H and O–H groups in total. The smallest absolute Gasteiger partial charge is 0.488 e. The van der Waals surface area contributed by atoms with Crippen LogP contribution < -0.4 is 29.4 Å². The minimum absolute atomic E-state index is 0. The first-order chi connectivity index (χ1) is 28.6. The predicted molar refractivity (Wildman–Crippen MR) is 226 cm³/mol. The van der Waals surface area contributed by atoms with Gasteiger partial charge in [0.05, 0.1) is 0 Å². The molecule has 61 heavy (non-hydrogen) atoms. The molecule has 0 fully saturated rings.